The minimum atomic E-state index is 0.0458. The van der Waals surface area contributed by atoms with E-state index < -0.39 is 0 Å². The molecular formula is C14H17N3O2. The van der Waals surface area contributed by atoms with Crippen LogP contribution in [0.25, 0.3) is 0 Å². The maximum atomic E-state index is 12.6. The molecule has 2 aromatic rings. The molecule has 1 saturated carbocycles. The Morgan fingerprint density at radius 1 is 1.58 bits per heavy atom. The van der Waals surface area contributed by atoms with Crippen molar-refractivity contribution in [3.05, 3.63) is 41.6 Å². The van der Waals surface area contributed by atoms with Crippen LogP contribution >= 0.6 is 0 Å². The third-order valence-corrected chi connectivity index (χ3v) is 3.62. The lowest BCUT2D eigenvalue weighted by atomic mass is 10.2. The Kier molecular flexibility index (Phi) is 2.89. The molecule has 2 heterocycles. The van der Waals surface area contributed by atoms with E-state index in [0.29, 0.717) is 18.2 Å². The highest BCUT2D eigenvalue weighted by Crippen LogP contribution is 2.30. The smallest absolute Gasteiger partial charge is 0.257 e. The molecule has 3 rings (SSSR count). The van der Waals surface area contributed by atoms with E-state index in [-0.39, 0.29) is 5.91 Å². The van der Waals surface area contributed by atoms with Crippen molar-refractivity contribution >= 4 is 5.91 Å². The van der Waals surface area contributed by atoms with Crippen LogP contribution in [0.4, 0.5) is 0 Å². The first kappa shape index (κ1) is 12.0. The van der Waals surface area contributed by atoms with Gasteiger partial charge in [-0.15, -0.1) is 0 Å². The van der Waals surface area contributed by atoms with Crippen molar-refractivity contribution in [2.45, 2.75) is 32.4 Å². The molecule has 0 unspecified atom stereocenters. The van der Waals surface area contributed by atoms with Crippen molar-refractivity contribution in [3.8, 4) is 0 Å². The summed E-state index contributed by atoms with van der Waals surface area (Å²) in [6, 6.07) is 4.09. The van der Waals surface area contributed by atoms with Gasteiger partial charge in [0.25, 0.3) is 5.91 Å². The van der Waals surface area contributed by atoms with Crippen molar-refractivity contribution in [1.82, 2.24) is 14.7 Å². The molecule has 2 aromatic heterocycles. The molecule has 0 bridgehead atoms. The van der Waals surface area contributed by atoms with E-state index in [9.17, 15) is 4.79 Å². The third kappa shape index (κ3) is 2.28. The highest BCUT2D eigenvalue weighted by molar-refractivity contribution is 5.95. The van der Waals surface area contributed by atoms with Crippen LogP contribution in [0.2, 0.25) is 0 Å². The maximum Gasteiger partial charge on any atom is 0.257 e. The number of aryl methyl sites for hydroxylation is 1. The summed E-state index contributed by atoms with van der Waals surface area (Å²) in [4.78, 5) is 14.5. The van der Waals surface area contributed by atoms with Crippen molar-refractivity contribution < 1.29 is 9.21 Å². The zero-order valence-electron chi connectivity index (χ0n) is 11.2. The number of hydrogen-bond acceptors (Lipinski definition) is 3. The summed E-state index contributed by atoms with van der Waals surface area (Å²) in [5.74, 6) is 0.867. The van der Waals surface area contributed by atoms with Crippen LogP contribution in [0.5, 0.6) is 0 Å². The number of nitrogens with zero attached hydrogens (tertiary/aromatic N) is 3. The number of carbonyl (C=O) groups excluding carboxylic acids is 1. The third-order valence-electron chi connectivity index (χ3n) is 3.62. The number of hydrogen-bond donors (Lipinski definition) is 0. The Labute approximate surface area is 111 Å². The Hall–Kier alpha value is -2.04. The summed E-state index contributed by atoms with van der Waals surface area (Å²) in [6.07, 6.45) is 5.44. The maximum absolute atomic E-state index is 12.6. The molecule has 0 radical (unpaired) electrons. The molecule has 0 N–H and O–H groups in total. The Bertz CT molecular complexity index is 582. The quantitative estimate of drug-likeness (QED) is 0.845. The second kappa shape index (κ2) is 4.57. The van der Waals surface area contributed by atoms with Gasteiger partial charge in [-0.25, -0.2) is 0 Å². The van der Waals surface area contributed by atoms with Crippen LogP contribution in [0.3, 0.4) is 0 Å². The molecule has 100 valence electrons. The van der Waals surface area contributed by atoms with E-state index in [2.05, 4.69) is 5.10 Å². The molecule has 5 heteroatoms. The zero-order valence-corrected chi connectivity index (χ0v) is 11.2. The first-order valence-corrected chi connectivity index (χ1v) is 6.49. The Balaban J connectivity index is 1.84. The molecule has 19 heavy (non-hydrogen) atoms. The van der Waals surface area contributed by atoms with Crippen molar-refractivity contribution in [3.63, 3.8) is 0 Å². The molecule has 0 atom stereocenters. The van der Waals surface area contributed by atoms with Gasteiger partial charge >= 0.3 is 0 Å². The SMILES string of the molecule is Cc1c(C(=O)N(Cc2ccco2)C2CC2)cnn1C. The van der Waals surface area contributed by atoms with E-state index in [1.807, 2.05) is 31.0 Å². The molecule has 0 spiro atoms. The summed E-state index contributed by atoms with van der Waals surface area (Å²) in [7, 11) is 1.85. The lowest BCUT2D eigenvalue weighted by Gasteiger charge is -2.21. The monoisotopic (exact) mass is 259 g/mol. The van der Waals surface area contributed by atoms with Gasteiger partial charge in [-0.1, -0.05) is 0 Å². The topological polar surface area (TPSA) is 51.3 Å². The van der Waals surface area contributed by atoms with Crippen LogP contribution in [-0.2, 0) is 13.6 Å². The van der Waals surface area contributed by atoms with Gasteiger partial charge in [-0.2, -0.15) is 5.10 Å². The minimum absolute atomic E-state index is 0.0458. The largest absolute Gasteiger partial charge is 0.467 e. The first-order chi connectivity index (χ1) is 9.16. The molecule has 1 amide bonds. The van der Waals surface area contributed by atoms with Gasteiger partial charge in [-0.05, 0) is 31.9 Å². The molecule has 1 aliphatic rings. The van der Waals surface area contributed by atoms with Gasteiger partial charge < -0.3 is 9.32 Å². The van der Waals surface area contributed by atoms with Gasteiger partial charge in [0.15, 0.2) is 0 Å². The number of rotatable bonds is 4. The van der Waals surface area contributed by atoms with Gasteiger partial charge in [0.1, 0.15) is 5.76 Å². The van der Waals surface area contributed by atoms with Crippen LogP contribution < -0.4 is 0 Å². The molecule has 5 nitrogen and oxygen atoms in total. The summed E-state index contributed by atoms with van der Waals surface area (Å²) < 4.78 is 7.08. The molecule has 0 saturated heterocycles. The first-order valence-electron chi connectivity index (χ1n) is 6.49. The summed E-state index contributed by atoms with van der Waals surface area (Å²) in [6.45, 7) is 2.45. The lowest BCUT2D eigenvalue weighted by Crippen LogP contribution is -2.32. The minimum Gasteiger partial charge on any atom is -0.467 e. The average molecular weight is 259 g/mol. The fourth-order valence-corrected chi connectivity index (χ4v) is 2.19. The summed E-state index contributed by atoms with van der Waals surface area (Å²) in [5, 5.41) is 4.14. The van der Waals surface area contributed by atoms with Gasteiger partial charge in [0.2, 0.25) is 0 Å². The normalized spacial score (nSPS) is 14.6. The molecule has 0 aliphatic heterocycles. The average Bonchev–Trinajstić information content (AvgIpc) is 3.01. The van der Waals surface area contributed by atoms with E-state index in [1.165, 1.54) is 0 Å². The van der Waals surface area contributed by atoms with E-state index in [0.717, 1.165) is 24.3 Å². The van der Waals surface area contributed by atoms with Gasteiger partial charge in [0.05, 0.1) is 24.6 Å². The highest BCUT2D eigenvalue weighted by atomic mass is 16.3. The van der Waals surface area contributed by atoms with E-state index in [4.69, 9.17) is 4.42 Å². The molecule has 1 fully saturated rings. The Morgan fingerprint density at radius 3 is 2.89 bits per heavy atom. The lowest BCUT2D eigenvalue weighted by molar-refractivity contribution is 0.0716. The van der Waals surface area contributed by atoms with E-state index in [1.54, 1.807) is 17.1 Å². The molecule has 0 aromatic carbocycles. The second-order valence-electron chi connectivity index (χ2n) is 5.01. The number of carbonyl (C=O) groups is 1. The van der Waals surface area contributed by atoms with Crippen molar-refractivity contribution in [2.24, 2.45) is 7.05 Å². The van der Waals surface area contributed by atoms with Gasteiger partial charge in [-0.3, -0.25) is 9.48 Å². The highest BCUT2D eigenvalue weighted by Gasteiger charge is 2.34. The van der Waals surface area contributed by atoms with Crippen LogP contribution in [-0.4, -0.2) is 26.6 Å². The van der Waals surface area contributed by atoms with Crippen LogP contribution in [0.15, 0.2) is 29.0 Å². The fourth-order valence-electron chi connectivity index (χ4n) is 2.19. The van der Waals surface area contributed by atoms with Crippen LogP contribution in [0, 0.1) is 6.92 Å². The fraction of sp³-hybridized carbons (Fsp3) is 0.429. The summed E-state index contributed by atoms with van der Waals surface area (Å²) >= 11 is 0. The van der Waals surface area contributed by atoms with Gasteiger partial charge in [0, 0.05) is 18.8 Å². The predicted molar refractivity (Wildman–Crippen MR) is 69.5 cm³/mol. The predicted octanol–water partition coefficient (Wildman–Crippen LogP) is 2.13. The zero-order chi connectivity index (χ0) is 13.4. The number of amides is 1. The second-order valence-corrected chi connectivity index (χ2v) is 5.01. The Morgan fingerprint density at radius 2 is 2.37 bits per heavy atom. The van der Waals surface area contributed by atoms with Crippen molar-refractivity contribution in [1.29, 1.82) is 0 Å². The standard InChI is InChI=1S/C14H17N3O2/c1-10-13(8-15-16(10)2)14(18)17(11-5-6-11)9-12-4-3-7-19-12/h3-4,7-8,11H,5-6,9H2,1-2H3. The van der Waals surface area contributed by atoms with E-state index >= 15 is 0 Å². The summed E-state index contributed by atoms with van der Waals surface area (Å²) in [5.41, 5.74) is 1.58. The number of aromatic nitrogens is 2. The van der Waals surface area contributed by atoms with Crippen LogP contribution in [0.1, 0.15) is 34.7 Å². The van der Waals surface area contributed by atoms with Crippen molar-refractivity contribution in [2.75, 3.05) is 0 Å². The number of furan rings is 1. The molecule has 1 aliphatic carbocycles. The molecular weight excluding hydrogens is 242 g/mol.